The van der Waals surface area contributed by atoms with Gasteiger partial charge in [-0.1, -0.05) is 6.07 Å². The van der Waals surface area contributed by atoms with Gasteiger partial charge in [0.1, 0.15) is 0 Å². The average Bonchev–Trinajstić information content (AvgIpc) is 2.64. The molecule has 1 aliphatic heterocycles. The van der Waals surface area contributed by atoms with Crippen LogP contribution in [0.4, 0.5) is 13.2 Å². The van der Waals surface area contributed by atoms with Crippen LogP contribution in [0.25, 0.3) is 0 Å². The standard InChI is InChI=1S/C19H27F3N2O3.ClH/c1-23-11-15-4-3-9-24(12-15)18(25)8-6-14-5-7-16(17(10-14)26-2)27-13-19(20,21)22;/h5,7,10,15,23H,3-4,6,8-9,11-13H2,1-2H3;1H. The van der Waals surface area contributed by atoms with Gasteiger partial charge in [0.25, 0.3) is 0 Å². The molecular weight excluding hydrogens is 397 g/mol. The number of aryl methyl sites for hydroxylation is 1. The van der Waals surface area contributed by atoms with Gasteiger partial charge in [-0.3, -0.25) is 4.79 Å². The fourth-order valence-corrected chi connectivity index (χ4v) is 3.30. The number of nitrogens with one attached hydrogen (secondary N) is 1. The van der Waals surface area contributed by atoms with Crippen LogP contribution < -0.4 is 14.8 Å². The van der Waals surface area contributed by atoms with Gasteiger partial charge in [-0.25, -0.2) is 0 Å². The van der Waals surface area contributed by atoms with E-state index in [1.807, 2.05) is 11.9 Å². The van der Waals surface area contributed by atoms with Gasteiger partial charge < -0.3 is 19.7 Å². The third kappa shape index (κ3) is 7.75. The highest BCUT2D eigenvalue weighted by molar-refractivity contribution is 5.85. The zero-order valence-corrected chi connectivity index (χ0v) is 17.0. The minimum Gasteiger partial charge on any atom is -0.493 e. The summed E-state index contributed by atoms with van der Waals surface area (Å²) in [7, 11) is 3.29. The van der Waals surface area contributed by atoms with E-state index in [0.717, 1.165) is 38.0 Å². The predicted octanol–water partition coefficient (Wildman–Crippen LogP) is 3.45. The topological polar surface area (TPSA) is 50.8 Å². The monoisotopic (exact) mass is 424 g/mol. The Kier molecular flexibility index (Phi) is 9.89. The second kappa shape index (κ2) is 11.4. The van der Waals surface area contributed by atoms with Crippen LogP contribution in [0.15, 0.2) is 18.2 Å². The number of methoxy groups -OCH3 is 1. The van der Waals surface area contributed by atoms with Gasteiger partial charge >= 0.3 is 6.18 Å². The van der Waals surface area contributed by atoms with Crippen molar-refractivity contribution in [1.29, 1.82) is 0 Å². The van der Waals surface area contributed by atoms with Crippen molar-refractivity contribution in [3.63, 3.8) is 0 Å². The maximum Gasteiger partial charge on any atom is 0.422 e. The molecule has 1 N–H and O–H groups in total. The molecule has 1 aromatic carbocycles. The number of halogens is 4. The first-order valence-corrected chi connectivity index (χ1v) is 9.11. The summed E-state index contributed by atoms with van der Waals surface area (Å²) in [5.74, 6) is 0.858. The van der Waals surface area contributed by atoms with E-state index in [-0.39, 0.29) is 29.8 Å². The van der Waals surface area contributed by atoms with Crippen molar-refractivity contribution in [3.8, 4) is 11.5 Å². The molecule has 1 saturated heterocycles. The van der Waals surface area contributed by atoms with Gasteiger partial charge in [0.2, 0.25) is 5.91 Å². The van der Waals surface area contributed by atoms with Crippen molar-refractivity contribution >= 4 is 18.3 Å². The van der Waals surface area contributed by atoms with Crippen LogP contribution in [0.2, 0.25) is 0 Å². The van der Waals surface area contributed by atoms with E-state index in [1.165, 1.54) is 13.2 Å². The van der Waals surface area contributed by atoms with Crippen LogP contribution in [0.5, 0.6) is 11.5 Å². The number of piperidine rings is 1. The van der Waals surface area contributed by atoms with Gasteiger partial charge in [-0.2, -0.15) is 13.2 Å². The Morgan fingerprint density at radius 2 is 2.07 bits per heavy atom. The number of benzene rings is 1. The first-order chi connectivity index (χ1) is 12.8. The van der Waals surface area contributed by atoms with E-state index < -0.39 is 12.8 Å². The molecule has 1 aromatic rings. The minimum absolute atomic E-state index is 0. The molecule has 1 heterocycles. The molecule has 1 aliphatic rings. The predicted molar refractivity (Wildman–Crippen MR) is 103 cm³/mol. The highest BCUT2D eigenvalue weighted by Gasteiger charge is 2.29. The Morgan fingerprint density at radius 1 is 1.32 bits per heavy atom. The first-order valence-electron chi connectivity index (χ1n) is 9.11. The maximum absolute atomic E-state index is 12.5. The van der Waals surface area contributed by atoms with Crippen molar-refractivity contribution in [3.05, 3.63) is 23.8 Å². The van der Waals surface area contributed by atoms with E-state index in [4.69, 9.17) is 9.47 Å². The van der Waals surface area contributed by atoms with Crippen LogP contribution in [-0.2, 0) is 11.2 Å². The van der Waals surface area contributed by atoms with Gasteiger partial charge in [-0.15, -0.1) is 12.4 Å². The molecule has 28 heavy (non-hydrogen) atoms. The van der Waals surface area contributed by atoms with Gasteiger partial charge in [0.05, 0.1) is 7.11 Å². The zero-order chi connectivity index (χ0) is 19.9. The number of hydrogen-bond acceptors (Lipinski definition) is 4. The Balaban J connectivity index is 0.00000392. The molecule has 5 nitrogen and oxygen atoms in total. The summed E-state index contributed by atoms with van der Waals surface area (Å²) in [6.07, 6.45) is -1.41. The molecule has 1 amide bonds. The van der Waals surface area contributed by atoms with Gasteiger partial charge in [0.15, 0.2) is 18.1 Å². The van der Waals surface area contributed by atoms with Gasteiger partial charge in [-0.05, 0) is 56.5 Å². The maximum atomic E-state index is 12.5. The van der Waals surface area contributed by atoms with E-state index in [9.17, 15) is 18.0 Å². The third-order valence-electron chi connectivity index (χ3n) is 4.61. The Hall–Kier alpha value is -1.67. The molecule has 0 saturated carbocycles. The van der Waals surface area contributed by atoms with Crippen molar-refractivity contribution in [2.45, 2.75) is 31.9 Å². The molecule has 0 radical (unpaired) electrons. The summed E-state index contributed by atoms with van der Waals surface area (Å²) in [6, 6.07) is 4.74. The number of amides is 1. The summed E-state index contributed by atoms with van der Waals surface area (Å²) in [5.41, 5.74) is 0.823. The van der Waals surface area contributed by atoms with Crippen molar-refractivity contribution in [2.75, 3.05) is 40.4 Å². The van der Waals surface area contributed by atoms with Crippen molar-refractivity contribution in [2.24, 2.45) is 5.92 Å². The first kappa shape index (κ1) is 24.4. The highest BCUT2D eigenvalue weighted by Crippen LogP contribution is 2.30. The molecule has 1 unspecified atom stereocenters. The van der Waals surface area contributed by atoms with Crippen molar-refractivity contribution in [1.82, 2.24) is 10.2 Å². The lowest BCUT2D eigenvalue weighted by Gasteiger charge is -2.32. The SMILES string of the molecule is CNCC1CCCN(C(=O)CCc2ccc(OCC(F)(F)F)c(OC)c2)C1.Cl. The molecule has 1 atom stereocenters. The summed E-state index contributed by atoms with van der Waals surface area (Å²) in [5, 5.41) is 3.16. The van der Waals surface area contributed by atoms with Crippen LogP contribution in [0, 0.1) is 5.92 Å². The minimum atomic E-state index is -4.41. The van der Waals surface area contributed by atoms with Crippen LogP contribution >= 0.6 is 12.4 Å². The van der Waals surface area contributed by atoms with E-state index in [1.54, 1.807) is 12.1 Å². The van der Waals surface area contributed by atoms with Crippen molar-refractivity contribution < 1.29 is 27.4 Å². The number of nitrogens with zero attached hydrogens (tertiary/aromatic N) is 1. The quantitative estimate of drug-likeness (QED) is 0.694. The number of rotatable bonds is 8. The Morgan fingerprint density at radius 3 is 2.71 bits per heavy atom. The molecule has 0 bridgehead atoms. The lowest BCUT2D eigenvalue weighted by molar-refractivity contribution is -0.153. The third-order valence-corrected chi connectivity index (χ3v) is 4.61. The molecule has 2 rings (SSSR count). The largest absolute Gasteiger partial charge is 0.493 e. The normalized spacial score (nSPS) is 17.0. The van der Waals surface area contributed by atoms with E-state index >= 15 is 0 Å². The molecule has 0 spiro atoms. The van der Waals surface area contributed by atoms with Crippen LogP contribution in [-0.4, -0.2) is 57.4 Å². The summed E-state index contributed by atoms with van der Waals surface area (Å²) < 4.78 is 46.8. The lowest BCUT2D eigenvalue weighted by Crippen LogP contribution is -2.42. The number of hydrogen-bond donors (Lipinski definition) is 1. The smallest absolute Gasteiger partial charge is 0.422 e. The summed E-state index contributed by atoms with van der Waals surface area (Å²) >= 11 is 0. The number of ether oxygens (including phenoxy) is 2. The summed E-state index contributed by atoms with van der Waals surface area (Å²) in [6.45, 7) is 1.09. The molecule has 0 aliphatic carbocycles. The Labute approximate surface area is 170 Å². The second-order valence-electron chi connectivity index (χ2n) is 6.79. The fraction of sp³-hybridized carbons (Fsp3) is 0.632. The lowest BCUT2D eigenvalue weighted by atomic mass is 9.97. The Bertz CT molecular complexity index is 627. The van der Waals surface area contributed by atoms with Gasteiger partial charge in [0, 0.05) is 19.5 Å². The molecular formula is C19H28ClF3N2O3. The molecule has 0 aromatic heterocycles. The zero-order valence-electron chi connectivity index (χ0n) is 16.2. The highest BCUT2D eigenvalue weighted by atomic mass is 35.5. The second-order valence-corrected chi connectivity index (χ2v) is 6.79. The number of carbonyl (C=O) groups is 1. The number of carbonyl (C=O) groups excluding carboxylic acids is 1. The van der Waals surface area contributed by atoms with E-state index in [0.29, 0.717) is 18.8 Å². The van der Waals surface area contributed by atoms with Crippen LogP contribution in [0.1, 0.15) is 24.8 Å². The molecule has 1 fully saturated rings. The molecule has 160 valence electrons. The van der Waals surface area contributed by atoms with E-state index in [2.05, 4.69) is 5.32 Å². The average molecular weight is 425 g/mol. The van der Waals surface area contributed by atoms with Crippen LogP contribution in [0.3, 0.4) is 0 Å². The molecule has 9 heteroatoms. The summed E-state index contributed by atoms with van der Waals surface area (Å²) in [4.78, 5) is 14.4. The number of alkyl halides is 3. The number of likely N-dealkylation sites (tertiary alicyclic amines) is 1. The fourth-order valence-electron chi connectivity index (χ4n) is 3.30.